The fraction of sp³-hybridized carbons (Fsp3) is 0.750. The lowest BCUT2D eigenvalue weighted by molar-refractivity contribution is 0.228. The van der Waals surface area contributed by atoms with Gasteiger partial charge in [-0.2, -0.15) is 5.10 Å². The van der Waals surface area contributed by atoms with Crippen molar-refractivity contribution < 1.29 is 0 Å². The normalized spacial score (nSPS) is 18.8. The van der Waals surface area contributed by atoms with Gasteiger partial charge < -0.3 is 5.32 Å². The lowest BCUT2D eigenvalue weighted by Crippen LogP contribution is -2.32. The maximum absolute atomic E-state index is 6.26. The van der Waals surface area contributed by atoms with E-state index in [-0.39, 0.29) is 0 Å². The van der Waals surface area contributed by atoms with Crippen molar-refractivity contribution >= 4 is 11.6 Å². The molecule has 1 aromatic heterocycles. The van der Waals surface area contributed by atoms with Crippen molar-refractivity contribution in [2.24, 2.45) is 5.92 Å². The highest BCUT2D eigenvalue weighted by atomic mass is 35.5. The van der Waals surface area contributed by atoms with Crippen LogP contribution in [0.1, 0.15) is 50.9 Å². The Morgan fingerprint density at radius 3 is 2.62 bits per heavy atom. The van der Waals surface area contributed by atoms with Crippen LogP contribution in [0.2, 0.25) is 5.02 Å². The molecule has 0 aromatic carbocycles. The minimum Gasteiger partial charge on any atom is -0.311 e. The van der Waals surface area contributed by atoms with E-state index in [0.717, 1.165) is 16.6 Å². The summed E-state index contributed by atoms with van der Waals surface area (Å²) in [5.74, 6) is 0.719. The molecule has 1 aliphatic rings. The fourth-order valence-electron chi connectivity index (χ4n) is 2.42. The molecule has 90 valence electrons. The second-order valence-electron chi connectivity index (χ2n) is 4.87. The highest BCUT2D eigenvalue weighted by molar-refractivity contribution is 6.31. The van der Waals surface area contributed by atoms with E-state index in [1.807, 2.05) is 11.7 Å². The summed E-state index contributed by atoms with van der Waals surface area (Å²) < 4.78 is 2.04. The van der Waals surface area contributed by atoms with E-state index in [0.29, 0.717) is 12.1 Å². The van der Waals surface area contributed by atoms with Gasteiger partial charge in [0.15, 0.2) is 0 Å². The van der Waals surface area contributed by atoms with Crippen molar-refractivity contribution in [2.75, 3.05) is 7.05 Å². The molecule has 0 aliphatic heterocycles. The highest BCUT2D eigenvalue weighted by Gasteiger charge is 2.31. The third kappa shape index (κ3) is 1.98. The van der Waals surface area contributed by atoms with Crippen molar-refractivity contribution in [1.82, 2.24) is 15.1 Å². The van der Waals surface area contributed by atoms with Gasteiger partial charge in [0.1, 0.15) is 0 Å². The molecular formula is C12H20ClN3. The standard InChI is InChI=1S/C12H20ClN3/c1-8(2)16-12(10(13)7-15-16)11(14-3)9-5-4-6-9/h7-9,11,14H,4-6H2,1-3H3. The molecule has 1 heterocycles. The molecular weight excluding hydrogens is 222 g/mol. The molecule has 1 aliphatic carbocycles. The van der Waals surface area contributed by atoms with Crippen molar-refractivity contribution in [2.45, 2.75) is 45.2 Å². The molecule has 0 spiro atoms. The lowest BCUT2D eigenvalue weighted by atomic mass is 9.78. The number of halogens is 1. The Morgan fingerprint density at radius 1 is 1.50 bits per heavy atom. The lowest BCUT2D eigenvalue weighted by Gasteiger charge is -2.34. The Morgan fingerprint density at radius 2 is 2.19 bits per heavy atom. The molecule has 0 radical (unpaired) electrons. The summed E-state index contributed by atoms with van der Waals surface area (Å²) in [6.07, 6.45) is 5.70. The van der Waals surface area contributed by atoms with Crippen molar-refractivity contribution in [3.63, 3.8) is 0 Å². The molecule has 16 heavy (non-hydrogen) atoms. The third-order valence-electron chi connectivity index (χ3n) is 3.50. The van der Waals surface area contributed by atoms with Crippen LogP contribution < -0.4 is 5.32 Å². The highest BCUT2D eigenvalue weighted by Crippen LogP contribution is 2.40. The van der Waals surface area contributed by atoms with E-state index in [4.69, 9.17) is 11.6 Å². The average molecular weight is 242 g/mol. The molecule has 0 amide bonds. The summed E-state index contributed by atoms with van der Waals surface area (Å²) in [7, 11) is 2.01. The van der Waals surface area contributed by atoms with Gasteiger partial charge in [0, 0.05) is 6.04 Å². The van der Waals surface area contributed by atoms with Crippen LogP contribution in [0.15, 0.2) is 6.20 Å². The van der Waals surface area contributed by atoms with Crippen molar-refractivity contribution in [1.29, 1.82) is 0 Å². The van der Waals surface area contributed by atoms with E-state index in [1.165, 1.54) is 19.3 Å². The minimum absolute atomic E-state index is 0.353. The van der Waals surface area contributed by atoms with Gasteiger partial charge >= 0.3 is 0 Å². The average Bonchev–Trinajstić information content (AvgIpc) is 2.53. The number of hydrogen-bond acceptors (Lipinski definition) is 2. The second kappa shape index (κ2) is 4.76. The van der Waals surface area contributed by atoms with Gasteiger partial charge in [0.2, 0.25) is 0 Å². The fourth-order valence-corrected chi connectivity index (χ4v) is 2.67. The van der Waals surface area contributed by atoms with E-state index in [1.54, 1.807) is 6.20 Å². The summed E-state index contributed by atoms with van der Waals surface area (Å²) in [5, 5.41) is 8.56. The molecule has 3 nitrogen and oxygen atoms in total. The van der Waals surface area contributed by atoms with E-state index in [2.05, 4.69) is 24.3 Å². The number of nitrogens with one attached hydrogen (secondary N) is 1. The quantitative estimate of drug-likeness (QED) is 0.878. The molecule has 1 unspecified atom stereocenters. The number of rotatable bonds is 4. The first-order valence-corrected chi connectivity index (χ1v) is 6.43. The zero-order valence-corrected chi connectivity index (χ0v) is 11.0. The summed E-state index contributed by atoms with van der Waals surface area (Å²) >= 11 is 6.26. The van der Waals surface area contributed by atoms with Crippen LogP contribution >= 0.6 is 11.6 Å². The van der Waals surface area contributed by atoms with Crippen molar-refractivity contribution in [3.05, 3.63) is 16.9 Å². The van der Waals surface area contributed by atoms with E-state index in [9.17, 15) is 0 Å². The molecule has 1 N–H and O–H groups in total. The maximum Gasteiger partial charge on any atom is 0.0834 e. The SMILES string of the molecule is CNC(c1c(Cl)cnn1C(C)C)C1CCC1. The number of hydrogen-bond donors (Lipinski definition) is 1. The Bertz CT molecular complexity index is 355. The largest absolute Gasteiger partial charge is 0.311 e. The Kier molecular flexibility index (Phi) is 3.55. The first-order valence-electron chi connectivity index (χ1n) is 6.05. The number of nitrogens with zero attached hydrogens (tertiary/aromatic N) is 2. The predicted molar refractivity (Wildman–Crippen MR) is 66.8 cm³/mol. The van der Waals surface area contributed by atoms with Gasteiger partial charge in [-0.1, -0.05) is 18.0 Å². The van der Waals surface area contributed by atoms with Crippen LogP contribution in [0, 0.1) is 5.92 Å². The Balaban J connectivity index is 2.31. The van der Waals surface area contributed by atoms with Crippen LogP contribution in [0.4, 0.5) is 0 Å². The molecule has 1 fully saturated rings. The first kappa shape index (κ1) is 11.9. The molecule has 1 atom stereocenters. The van der Waals surface area contributed by atoms with E-state index < -0.39 is 0 Å². The second-order valence-corrected chi connectivity index (χ2v) is 5.28. The summed E-state index contributed by atoms with van der Waals surface area (Å²) in [4.78, 5) is 0. The zero-order chi connectivity index (χ0) is 11.7. The van der Waals surface area contributed by atoms with Crippen LogP contribution in [0.25, 0.3) is 0 Å². The van der Waals surface area contributed by atoms with Crippen LogP contribution in [-0.4, -0.2) is 16.8 Å². The van der Waals surface area contributed by atoms with Crippen LogP contribution in [-0.2, 0) is 0 Å². The van der Waals surface area contributed by atoms with Gasteiger partial charge in [-0.05, 0) is 39.7 Å². The summed E-state index contributed by atoms with van der Waals surface area (Å²) in [5.41, 5.74) is 1.16. The monoisotopic (exact) mass is 241 g/mol. The topological polar surface area (TPSA) is 29.9 Å². The van der Waals surface area contributed by atoms with Gasteiger partial charge in [0.25, 0.3) is 0 Å². The molecule has 1 saturated carbocycles. The zero-order valence-electron chi connectivity index (χ0n) is 10.2. The first-order chi connectivity index (χ1) is 7.65. The Hall–Kier alpha value is -0.540. The van der Waals surface area contributed by atoms with Gasteiger partial charge in [-0.25, -0.2) is 0 Å². The van der Waals surface area contributed by atoms with Gasteiger partial charge in [-0.15, -0.1) is 0 Å². The number of aromatic nitrogens is 2. The molecule has 2 rings (SSSR count). The molecule has 0 saturated heterocycles. The summed E-state index contributed by atoms with van der Waals surface area (Å²) in [6, 6.07) is 0.713. The Labute approximate surface area is 102 Å². The van der Waals surface area contributed by atoms with Gasteiger partial charge in [0.05, 0.1) is 23.0 Å². The predicted octanol–water partition coefficient (Wildman–Crippen LogP) is 3.18. The van der Waals surface area contributed by atoms with Gasteiger partial charge in [-0.3, -0.25) is 4.68 Å². The third-order valence-corrected chi connectivity index (χ3v) is 3.79. The molecule has 0 bridgehead atoms. The maximum atomic E-state index is 6.26. The molecule has 1 aromatic rings. The van der Waals surface area contributed by atoms with Crippen molar-refractivity contribution in [3.8, 4) is 0 Å². The molecule has 4 heteroatoms. The minimum atomic E-state index is 0.353. The van der Waals surface area contributed by atoms with Crippen LogP contribution in [0.5, 0.6) is 0 Å². The summed E-state index contributed by atoms with van der Waals surface area (Å²) in [6.45, 7) is 4.28. The smallest absolute Gasteiger partial charge is 0.0834 e. The van der Waals surface area contributed by atoms with Crippen LogP contribution in [0.3, 0.4) is 0 Å². The van der Waals surface area contributed by atoms with E-state index >= 15 is 0 Å².